The van der Waals surface area contributed by atoms with Crippen LogP contribution in [-0.2, 0) is 4.65 Å². The smallest absolute Gasteiger partial charge is 0.516 e. The van der Waals surface area contributed by atoms with E-state index in [1.165, 1.54) is 6.42 Å². The maximum absolute atomic E-state index is 8.75. The van der Waals surface area contributed by atoms with Gasteiger partial charge in [0.2, 0.25) is 0 Å². The van der Waals surface area contributed by atoms with Crippen LogP contribution >= 0.6 is 0 Å². The van der Waals surface area contributed by atoms with E-state index in [-0.39, 0.29) is 0 Å². The molecule has 0 heterocycles. The molecule has 3 atom stereocenters. The molecule has 0 aliphatic heterocycles. The van der Waals surface area contributed by atoms with E-state index in [0.717, 1.165) is 5.76 Å². The Labute approximate surface area is 85.0 Å². The van der Waals surface area contributed by atoms with E-state index in [4.69, 9.17) is 14.7 Å². The highest BCUT2D eigenvalue weighted by Crippen LogP contribution is 2.60. The molecule has 4 heteroatoms. The summed E-state index contributed by atoms with van der Waals surface area (Å²) in [7, 11) is -1.68. The molecule has 3 rings (SSSR count). The van der Waals surface area contributed by atoms with E-state index < -0.39 is 7.32 Å². The molecule has 2 N–H and O–H groups in total. The molecule has 2 bridgehead atoms. The minimum atomic E-state index is -1.68. The van der Waals surface area contributed by atoms with Gasteiger partial charge in [-0.3, -0.25) is 0 Å². The molecule has 3 unspecified atom stereocenters. The molecule has 3 aliphatic carbocycles. The third-order valence-electron chi connectivity index (χ3n) is 4.08. The number of allylic oxidation sites excluding steroid dienone is 2. The van der Waals surface area contributed by atoms with Gasteiger partial charge in [-0.05, 0) is 29.7 Å². The van der Waals surface area contributed by atoms with Gasteiger partial charge in [-0.1, -0.05) is 20.8 Å². The molecule has 0 saturated heterocycles. The Bertz CT molecular complexity index is 273. The lowest BCUT2D eigenvalue weighted by atomic mass is 9.48. The number of fused-ring (bicyclic) bond motifs is 1. The maximum atomic E-state index is 8.75. The van der Waals surface area contributed by atoms with Crippen LogP contribution in [-0.4, -0.2) is 17.4 Å². The molecule has 0 spiro atoms. The van der Waals surface area contributed by atoms with E-state index in [9.17, 15) is 0 Å². The molecule has 1 saturated carbocycles. The number of hydrogen-bond donors (Lipinski definition) is 2. The lowest BCUT2D eigenvalue weighted by molar-refractivity contribution is -0.0475. The van der Waals surface area contributed by atoms with Crippen LogP contribution in [0.3, 0.4) is 0 Å². The fourth-order valence-corrected chi connectivity index (χ4v) is 2.94. The van der Waals surface area contributed by atoms with Gasteiger partial charge in [0.05, 0.1) is 5.76 Å². The summed E-state index contributed by atoms with van der Waals surface area (Å²) in [5.74, 6) is 2.21. The molecule has 0 aromatic rings. The van der Waals surface area contributed by atoms with E-state index in [0.29, 0.717) is 23.2 Å². The van der Waals surface area contributed by atoms with Crippen molar-refractivity contribution < 1.29 is 14.7 Å². The summed E-state index contributed by atoms with van der Waals surface area (Å²) in [5, 5.41) is 17.5. The molecule has 0 amide bonds. The van der Waals surface area contributed by atoms with Crippen LogP contribution in [0.5, 0.6) is 0 Å². The van der Waals surface area contributed by atoms with Gasteiger partial charge < -0.3 is 14.7 Å². The number of rotatable bonds is 2. The van der Waals surface area contributed by atoms with Crippen LogP contribution in [0.25, 0.3) is 0 Å². The second-order valence-electron chi connectivity index (χ2n) is 5.07. The fourth-order valence-electron chi connectivity index (χ4n) is 2.94. The quantitative estimate of drug-likeness (QED) is 0.651. The Hall–Kier alpha value is -0.475. The largest absolute Gasteiger partial charge is 0.707 e. The highest BCUT2D eigenvalue weighted by molar-refractivity contribution is 6.33. The summed E-state index contributed by atoms with van der Waals surface area (Å²) in [5.41, 5.74) is 0.354. The number of hydrogen-bond acceptors (Lipinski definition) is 3. The van der Waals surface area contributed by atoms with Crippen molar-refractivity contribution in [1.29, 1.82) is 0 Å². The average Bonchev–Trinajstić information content (AvgIpc) is 2.06. The van der Waals surface area contributed by atoms with Crippen LogP contribution < -0.4 is 0 Å². The minimum Gasteiger partial charge on any atom is -0.516 e. The molecule has 3 aliphatic rings. The van der Waals surface area contributed by atoms with Crippen molar-refractivity contribution in [3.8, 4) is 0 Å². The first-order chi connectivity index (χ1) is 6.43. The Morgan fingerprint density at radius 3 is 2.57 bits per heavy atom. The van der Waals surface area contributed by atoms with Crippen molar-refractivity contribution in [2.45, 2.75) is 27.2 Å². The van der Waals surface area contributed by atoms with Crippen molar-refractivity contribution in [1.82, 2.24) is 0 Å². The zero-order valence-electron chi connectivity index (χ0n) is 8.90. The van der Waals surface area contributed by atoms with Crippen molar-refractivity contribution in [3.05, 3.63) is 11.8 Å². The van der Waals surface area contributed by atoms with Crippen molar-refractivity contribution in [2.75, 3.05) is 0 Å². The zero-order chi connectivity index (χ0) is 10.5. The summed E-state index contributed by atoms with van der Waals surface area (Å²) in [6, 6.07) is 0. The molecule has 3 nitrogen and oxygen atoms in total. The summed E-state index contributed by atoms with van der Waals surface area (Å²) in [6.45, 7) is 6.63. The lowest BCUT2D eigenvalue weighted by Gasteiger charge is -2.57. The monoisotopic (exact) mass is 196 g/mol. The third kappa shape index (κ3) is 1.28. The normalized spacial score (nSPS) is 38.4. The van der Waals surface area contributed by atoms with E-state index in [1.807, 2.05) is 0 Å². The Morgan fingerprint density at radius 1 is 1.50 bits per heavy atom. The van der Waals surface area contributed by atoms with Gasteiger partial charge in [0.1, 0.15) is 0 Å². The molecular weight excluding hydrogens is 179 g/mol. The van der Waals surface area contributed by atoms with Crippen molar-refractivity contribution in [3.63, 3.8) is 0 Å². The van der Waals surface area contributed by atoms with E-state index in [2.05, 4.69) is 26.8 Å². The molecule has 1 fully saturated rings. The molecule has 0 radical (unpaired) electrons. The maximum Gasteiger partial charge on any atom is 0.707 e. The van der Waals surface area contributed by atoms with Crippen LogP contribution in [0.15, 0.2) is 11.8 Å². The Kier molecular flexibility index (Phi) is 2.16. The Balaban J connectivity index is 2.15. The highest BCUT2D eigenvalue weighted by Gasteiger charge is 2.53. The molecular formula is C10H17BO3. The predicted molar refractivity (Wildman–Crippen MR) is 53.9 cm³/mol. The SMILES string of the molecule is CC1C(OB(O)O)=CC2CC1C2(C)C. The van der Waals surface area contributed by atoms with Gasteiger partial charge in [-0.2, -0.15) is 0 Å². The van der Waals surface area contributed by atoms with Gasteiger partial charge in [-0.25, -0.2) is 0 Å². The predicted octanol–water partition coefficient (Wildman–Crippen LogP) is 1.17. The first-order valence-electron chi connectivity index (χ1n) is 5.17. The van der Waals surface area contributed by atoms with Gasteiger partial charge in [0.15, 0.2) is 0 Å². The Morgan fingerprint density at radius 2 is 2.14 bits per heavy atom. The van der Waals surface area contributed by atoms with Crippen LogP contribution in [0.2, 0.25) is 0 Å². The molecule has 0 aromatic heterocycles. The summed E-state index contributed by atoms with van der Waals surface area (Å²) >= 11 is 0. The summed E-state index contributed by atoms with van der Waals surface area (Å²) in [4.78, 5) is 0. The van der Waals surface area contributed by atoms with Gasteiger partial charge in [-0.15, -0.1) is 0 Å². The second kappa shape index (κ2) is 3.01. The molecule has 78 valence electrons. The van der Waals surface area contributed by atoms with Crippen molar-refractivity contribution >= 4 is 7.32 Å². The second-order valence-corrected chi connectivity index (χ2v) is 5.07. The van der Waals surface area contributed by atoms with Crippen LogP contribution in [0.4, 0.5) is 0 Å². The van der Waals surface area contributed by atoms with Crippen molar-refractivity contribution in [2.24, 2.45) is 23.2 Å². The zero-order valence-corrected chi connectivity index (χ0v) is 8.90. The first kappa shape index (κ1) is 10.1. The van der Waals surface area contributed by atoms with Gasteiger partial charge in [0, 0.05) is 5.92 Å². The fraction of sp³-hybridized carbons (Fsp3) is 0.800. The first-order valence-corrected chi connectivity index (χ1v) is 5.17. The van der Waals surface area contributed by atoms with Crippen LogP contribution in [0, 0.1) is 23.2 Å². The van der Waals surface area contributed by atoms with Crippen LogP contribution in [0.1, 0.15) is 27.2 Å². The van der Waals surface area contributed by atoms with E-state index in [1.54, 1.807) is 0 Å². The van der Waals surface area contributed by atoms with Gasteiger partial charge in [0.25, 0.3) is 0 Å². The summed E-state index contributed by atoms with van der Waals surface area (Å²) < 4.78 is 4.97. The minimum absolute atomic E-state index is 0.303. The average molecular weight is 196 g/mol. The molecule has 14 heavy (non-hydrogen) atoms. The highest BCUT2D eigenvalue weighted by atomic mass is 16.6. The topological polar surface area (TPSA) is 49.7 Å². The molecule has 0 aromatic carbocycles. The third-order valence-corrected chi connectivity index (χ3v) is 4.08. The standard InChI is InChI=1S/C10H17BO3/c1-6-8-4-7(10(8,2)3)5-9(6)14-11(12)13/h5-8,12-13H,4H2,1-3H3. The van der Waals surface area contributed by atoms with E-state index >= 15 is 0 Å². The lowest BCUT2D eigenvalue weighted by Crippen LogP contribution is -2.51. The van der Waals surface area contributed by atoms with Gasteiger partial charge >= 0.3 is 7.32 Å². The summed E-state index contributed by atoms with van der Waals surface area (Å²) in [6.07, 6.45) is 3.27.